The lowest BCUT2D eigenvalue weighted by Crippen LogP contribution is -2.49. The second-order valence-electron chi connectivity index (χ2n) is 9.43. The molecule has 0 saturated carbocycles. The molecule has 4 aromatic rings. The van der Waals surface area contributed by atoms with Crippen molar-refractivity contribution in [2.45, 2.75) is 44.2 Å². The van der Waals surface area contributed by atoms with Crippen molar-refractivity contribution in [2.24, 2.45) is 0 Å². The predicted molar refractivity (Wildman–Crippen MR) is 133 cm³/mol. The summed E-state index contributed by atoms with van der Waals surface area (Å²) < 4.78 is 3.09. The van der Waals surface area contributed by atoms with Crippen molar-refractivity contribution in [3.63, 3.8) is 0 Å². The van der Waals surface area contributed by atoms with Crippen molar-refractivity contribution in [1.82, 2.24) is 24.2 Å². The van der Waals surface area contributed by atoms with E-state index in [1.807, 2.05) is 65.6 Å². The third-order valence-corrected chi connectivity index (χ3v) is 6.92. The molecule has 1 aliphatic heterocycles. The second-order valence-corrected chi connectivity index (χ2v) is 9.43. The molecule has 0 spiro atoms. The molecule has 0 aliphatic carbocycles. The molecule has 0 bridgehead atoms. The van der Waals surface area contributed by atoms with E-state index in [1.165, 1.54) is 17.1 Å². The first-order valence-electron chi connectivity index (χ1n) is 12.0. The number of piperidine rings is 1. The summed E-state index contributed by atoms with van der Waals surface area (Å²) in [4.78, 5) is 32.2. The largest absolute Gasteiger partial charge is 0.388 e. The molecule has 0 unspecified atom stereocenters. The maximum atomic E-state index is 13.1. The summed E-state index contributed by atoms with van der Waals surface area (Å²) in [6.45, 7) is 3.12. The van der Waals surface area contributed by atoms with Crippen LogP contribution in [0.5, 0.6) is 0 Å². The topological polar surface area (TPSA) is 93.2 Å². The zero-order valence-electron chi connectivity index (χ0n) is 19.7. The van der Waals surface area contributed by atoms with Crippen molar-refractivity contribution >= 4 is 16.9 Å². The number of rotatable bonds is 6. The Hall–Kier alpha value is -3.78. The lowest BCUT2D eigenvalue weighted by atomic mass is 9.90. The van der Waals surface area contributed by atoms with Gasteiger partial charge in [0.15, 0.2) is 5.65 Å². The lowest BCUT2D eigenvalue weighted by molar-refractivity contribution is -0.136. The monoisotopic (exact) mass is 471 g/mol. The number of para-hydroxylation sites is 1. The van der Waals surface area contributed by atoms with Crippen molar-refractivity contribution in [2.75, 3.05) is 13.1 Å². The van der Waals surface area contributed by atoms with Crippen molar-refractivity contribution in [3.05, 3.63) is 89.1 Å². The zero-order chi connectivity index (χ0) is 24.4. The fraction of sp³-hybridized carbons (Fsp3) is 0.333. The summed E-state index contributed by atoms with van der Waals surface area (Å²) in [7, 11) is 0. The molecular formula is C27H29N5O3. The Morgan fingerprint density at radius 2 is 1.71 bits per heavy atom. The van der Waals surface area contributed by atoms with Crippen molar-refractivity contribution in [3.8, 4) is 5.69 Å². The number of fused-ring (bicyclic) bond motifs is 1. The van der Waals surface area contributed by atoms with E-state index in [0.717, 1.165) is 11.3 Å². The summed E-state index contributed by atoms with van der Waals surface area (Å²) in [6.07, 6.45) is 4.25. The van der Waals surface area contributed by atoms with Gasteiger partial charge >= 0.3 is 0 Å². The average molecular weight is 472 g/mol. The Labute approximate surface area is 203 Å². The standard InChI is InChI=1S/C27H29N5O3/c1-20(21-8-4-2-5-9-21)16-24(33)30-14-12-27(35,13-15-30)18-31-19-28-25-23(26(31)34)17-29-32(25)22-10-6-3-7-11-22/h2-11,17,19-20,35H,12-16,18H2,1H3/t20-/m1/s1. The van der Waals surface area contributed by atoms with Gasteiger partial charge in [-0.25, -0.2) is 9.67 Å². The Morgan fingerprint density at radius 1 is 1.06 bits per heavy atom. The van der Waals surface area contributed by atoms with E-state index in [1.54, 1.807) is 4.68 Å². The van der Waals surface area contributed by atoms with E-state index >= 15 is 0 Å². The van der Waals surface area contributed by atoms with Crippen LogP contribution in [0.2, 0.25) is 0 Å². The number of aromatic nitrogens is 4. The molecule has 1 N–H and O–H groups in total. The molecule has 2 aromatic carbocycles. The smallest absolute Gasteiger partial charge is 0.264 e. The first-order chi connectivity index (χ1) is 16.9. The highest BCUT2D eigenvalue weighted by molar-refractivity contribution is 5.77. The summed E-state index contributed by atoms with van der Waals surface area (Å²) in [5.74, 6) is 0.231. The van der Waals surface area contributed by atoms with Gasteiger partial charge in [-0.1, -0.05) is 55.5 Å². The Bertz CT molecular complexity index is 1370. The van der Waals surface area contributed by atoms with Gasteiger partial charge in [0.25, 0.3) is 5.56 Å². The van der Waals surface area contributed by atoms with Crippen molar-refractivity contribution in [1.29, 1.82) is 0 Å². The number of amides is 1. The predicted octanol–water partition coefficient (Wildman–Crippen LogP) is 3.13. The summed E-state index contributed by atoms with van der Waals surface area (Å²) in [5, 5.41) is 16.0. The highest BCUT2D eigenvalue weighted by Crippen LogP contribution is 2.26. The normalized spacial score (nSPS) is 16.3. The molecule has 1 amide bonds. The number of hydrogen-bond acceptors (Lipinski definition) is 5. The van der Waals surface area contributed by atoms with Crippen LogP contribution in [0.1, 0.15) is 37.7 Å². The Kier molecular flexibility index (Phi) is 6.21. The Morgan fingerprint density at radius 3 is 2.40 bits per heavy atom. The minimum absolute atomic E-state index is 0.0944. The van der Waals surface area contributed by atoms with Crippen LogP contribution in [0.4, 0.5) is 0 Å². The van der Waals surface area contributed by atoms with E-state index in [4.69, 9.17) is 0 Å². The van der Waals surface area contributed by atoms with Gasteiger partial charge in [0.2, 0.25) is 5.91 Å². The third-order valence-electron chi connectivity index (χ3n) is 6.92. The van der Waals surface area contributed by atoms with Crippen LogP contribution >= 0.6 is 0 Å². The number of carbonyl (C=O) groups is 1. The molecule has 35 heavy (non-hydrogen) atoms. The number of carbonyl (C=O) groups excluding carboxylic acids is 1. The SMILES string of the molecule is C[C@H](CC(=O)N1CCC(O)(Cn2cnc3c(cnn3-c3ccccc3)c2=O)CC1)c1ccccc1. The maximum Gasteiger partial charge on any atom is 0.264 e. The van der Waals surface area contributed by atoms with Crippen LogP contribution < -0.4 is 5.56 Å². The van der Waals surface area contributed by atoms with Crippen LogP contribution in [-0.4, -0.2) is 53.9 Å². The fourth-order valence-electron chi connectivity index (χ4n) is 4.76. The number of benzene rings is 2. The average Bonchev–Trinajstić information content (AvgIpc) is 3.32. The van der Waals surface area contributed by atoms with E-state index in [2.05, 4.69) is 17.0 Å². The van der Waals surface area contributed by atoms with E-state index in [9.17, 15) is 14.7 Å². The van der Waals surface area contributed by atoms with E-state index < -0.39 is 5.60 Å². The van der Waals surface area contributed by atoms with Gasteiger partial charge in [-0.2, -0.15) is 5.10 Å². The summed E-state index contributed by atoms with van der Waals surface area (Å²) in [6, 6.07) is 19.5. The van der Waals surface area contributed by atoms with Crippen LogP contribution in [0.25, 0.3) is 16.7 Å². The molecule has 8 nitrogen and oxygen atoms in total. The minimum atomic E-state index is -1.07. The molecule has 180 valence electrons. The first-order valence-corrected chi connectivity index (χ1v) is 12.0. The van der Waals surface area contributed by atoms with Gasteiger partial charge in [-0.05, 0) is 36.5 Å². The molecule has 5 rings (SSSR count). The molecule has 1 aliphatic rings. The fourth-order valence-corrected chi connectivity index (χ4v) is 4.76. The molecule has 1 atom stereocenters. The number of likely N-dealkylation sites (tertiary alicyclic amines) is 1. The molecule has 1 fully saturated rings. The van der Waals surface area contributed by atoms with Gasteiger partial charge < -0.3 is 10.0 Å². The maximum absolute atomic E-state index is 13.1. The highest BCUT2D eigenvalue weighted by atomic mass is 16.3. The van der Waals surface area contributed by atoms with Gasteiger partial charge in [-0.15, -0.1) is 0 Å². The van der Waals surface area contributed by atoms with Crippen LogP contribution in [0, 0.1) is 0 Å². The van der Waals surface area contributed by atoms with Gasteiger partial charge in [0, 0.05) is 19.5 Å². The minimum Gasteiger partial charge on any atom is -0.388 e. The van der Waals surface area contributed by atoms with Crippen molar-refractivity contribution < 1.29 is 9.90 Å². The number of nitrogens with zero attached hydrogens (tertiary/aromatic N) is 5. The third kappa shape index (κ3) is 4.74. The van der Waals surface area contributed by atoms with Crippen LogP contribution in [0.15, 0.2) is 78.0 Å². The highest BCUT2D eigenvalue weighted by Gasteiger charge is 2.35. The molecule has 8 heteroatoms. The van der Waals surface area contributed by atoms with Crippen LogP contribution in [-0.2, 0) is 11.3 Å². The number of hydrogen-bond donors (Lipinski definition) is 1. The zero-order valence-corrected chi connectivity index (χ0v) is 19.7. The Balaban J connectivity index is 1.25. The molecule has 0 radical (unpaired) electrons. The second kappa shape index (κ2) is 9.46. The summed E-state index contributed by atoms with van der Waals surface area (Å²) in [5.41, 5.74) is 1.14. The molecular weight excluding hydrogens is 442 g/mol. The van der Waals surface area contributed by atoms with Crippen LogP contribution in [0.3, 0.4) is 0 Å². The molecule has 3 heterocycles. The first kappa shape index (κ1) is 23.0. The van der Waals surface area contributed by atoms with E-state index in [0.29, 0.717) is 43.4 Å². The number of aliphatic hydroxyl groups is 1. The molecule has 2 aromatic heterocycles. The quantitative estimate of drug-likeness (QED) is 0.466. The van der Waals surface area contributed by atoms with Gasteiger partial charge in [-0.3, -0.25) is 14.2 Å². The molecule has 1 saturated heterocycles. The van der Waals surface area contributed by atoms with Gasteiger partial charge in [0.05, 0.1) is 24.0 Å². The summed E-state index contributed by atoms with van der Waals surface area (Å²) >= 11 is 0. The van der Waals surface area contributed by atoms with Gasteiger partial charge in [0.1, 0.15) is 11.7 Å². The lowest BCUT2D eigenvalue weighted by Gasteiger charge is -2.38. The van der Waals surface area contributed by atoms with E-state index in [-0.39, 0.29) is 23.9 Å².